The van der Waals surface area contributed by atoms with Crippen LogP contribution in [0.4, 0.5) is 17.3 Å². The highest BCUT2D eigenvalue weighted by atomic mass is 16.5. The third-order valence-electron chi connectivity index (χ3n) is 5.89. The van der Waals surface area contributed by atoms with Crippen molar-refractivity contribution >= 4 is 17.3 Å². The average Bonchev–Trinajstić information content (AvgIpc) is 3.61. The molecule has 0 bridgehead atoms. The van der Waals surface area contributed by atoms with E-state index in [1.165, 1.54) is 6.20 Å². The van der Waals surface area contributed by atoms with Crippen LogP contribution in [0.5, 0.6) is 5.88 Å². The standard InChI is InChI=1S/C24H21N7O2/c1-24(13-32)12-29-21-16(10-26)7-15(8-18(21)24)19-4-5-27-23(30-19)31-20-6-14(9-25)11-28-22(20)33-17-2-3-17/h4-8,11,17,29,32H,2-3,12-13H2,1H3,(H,27,30,31)/t24-/m1/s1. The summed E-state index contributed by atoms with van der Waals surface area (Å²) in [6.07, 6.45) is 5.20. The van der Waals surface area contributed by atoms with E-state index >= 15 is 0 Å². The van der Waals surface area contributed by atoms with E-state index in [0.29, 0.717) is 40.9 Å². The van der Waals surface area contributed by atoms with Crippen molar-refractivity contribution in [1.29, 1.82) is 10.5 Å². The van der Waals surface area contributed by atoms with Crippen LogP contribution in [-0.4, -0.2) is 39.3 Å². The van der Waals surface area contributed by atoms with Crippen molar-refractivity contribution in [2.75, 3.05) is 23.8 Å². The minimum Gasteiger partial charge on any atom is -0.473 e. The van der Waals surface area contributed by atoms with Crippen LogP contribution in [0.25, 0.3) is 11.3 Å². The van der Waals surface area contributed by atoms with Gasteiger partial charge in [0.15, 0.2) is 0 Å². The number of hydrogen-bond acceptors (Lipinski definition) is 9. The average molecular weight is 439 g/mol. The van der Waals surface area contributed by atoms with Crippen LogP contribution in [0, 0.1) is 22.7 Å². The molecule has 2 aromatic heterocycles. The summed E-state index contributed by atoms with van der Waals surface area (Å²) in [5.41, 5.74) is 3.93. The highest BCUT2D eigenvalue weighted by Gasteiger charge is 2.36. The Morgan fingerprint density at radius 1 is 1.24 bits per heavy atom. The van der Waals surface area contributed by atoms with Crippen molar-refractivity contribution in [2.24, 2.45) is 0 Å². The number of ether oxygens (including phenoxy) is 1. The first kappa shape index (κ1) is 20.7. The van der Waals surface area contributed by atoms with Gasteiger partial charge in [-0.1, -0.05) is 6.92 Å². The quantitative estimate of drug-likeness (QED) is 0.528. The Hall–Kier alpha value is -4.21. The van der Waals surface area contributed by atoms with Crippen LogP contribution in [0.2, 0.25) is 0 Å². The van der Waals surface area contributed by atoms with Gasteiger partial charge in [0, 0.05) is 29.9 Å². The molecule has 164 valence electrons. The van der Waals surface area contributed by atoms with Gasteiger partial charge in [-0.05, 0) is 42.7 Å². The summed E-state index contributed by atoms with van der Waals surface area (Å²) in [6, 6.07) is 11.5. The maximum atomic E-state index is 9.94. The summed E-state index contributed by atoms with van der Waals surface area (Å²) in [6.45, 7) is 2.48. The van der Waals surface area contributed by atoms with Crippen LogP contribution < -0.4 is 15.4 Å². The molecule has 0 unspecified atom stereocenters. The van der Waals surface area contributed by atoms with Crippen LogP contribution in [0.1, 0.15) is 36.5 Å². The Balaban J connectivity index is 1.51. The van der Waals surface area contributed by atoms with E-state index in [4.69, 9.17) is 4.74 Å². The fraction of sp³-hybridized carbons (Fsp3) is 0.292. The number of aliphatic hydroxyl groups excluding tert-OH is 1. The number of nitrogens with one attached hydrogen (secondary N) is 2. The highest BCUT2D eigenvalue weighted by Crippen LogP contribution is 2.41. The second-order valence-corrected chi connectivity index (χ2v) is 8.53. The number of fused-ring (bicyclic) bond motifs is 1. The lowest BCUT2D eigenvalue weighted by Crippen LogP contribution is -2.28. The zero-order chi connectivity index (χ0) is 23.0. The molecule has 1 fully saturated rings. The molecular formula is C24H21N7O2. The molecule has 0 spiro atoms. The minimum atomic E-state index is -0.483. The van der Waals surface area contributed by atoms with Gasteiger partial charge in [-0.2, -0.15) is 10.5 Å². The van der Waals surface area contributed by atoms with E-state index < -0.39 is 5.41 Å². The maximum Gasteiger partial charge on any atom is 0.238 e. The van der Waals surface area contributed by atoms with Crippen molar-refractivity contribution in [3.05, 3.63) is 53.3 Å². The van der Waals surface area contributed by atoms with Crippen molar-refractivity contribution in [3.63, 3.8) is 0 Å². The molecule has 0 amide bonds. The fourth-order valence-corrected chi connectivity index (χ4v) is 3.81. The Kier molecular flexibility index (Phi) is 5.04. The molecule has 3 N–H and O–H groups in total. The molecule has 9 nitrogen and oxygen atoms in total. The predicted octanol–water partition coefficient (Wildman–Crippen LogP) is 3.24. The van der Waals surface area contributed by atoms with Gasteiger partial charge in [0.1, 0.15) is 23.9 Å². The molecule has 0 radical (unpaired) electrons. The van der Waals surface area contributed by atoms with Crippen molar-refractivity contribution in [2.45, 2.75) is 31.3 Å². The van der Waals surface area contributed by atoms with E-state index in [2.05, 4.69) is 37.7 Å². The second kappa shape index (κ2) is 8.05. The summed E-state index contributed by atoms with van der Waals surface area (Å²) < 4.78 is 5.85. The lowest BCUT2D eigenvalue weighted by Gasteiger charge is -2.21. The molecule has 5 rings (SSSR count). The highest BCUT2D eigenvalue weighted by molar-refractivity contribution is 5.76. The first-order valence-corrected chi connectivity index (χ1v) is 10.6. The van der Waals surface area contributed by atoms with Gasteiger partial charge in [0.05, 0.1) is 29.1 Å². The number of nitrogens with zero attached hydrogens (tertiary/aromatic N) is 5. The van der Waals surface area contributed by atoms with Crippen LogP contribution in [0.3, 0.4) is 0 Å². The van der Waals surface area contributed by atoms with Gasteiger partial charge in [-0.3, -0.25) is 0 Å². The van der Waals surface area contributed by atoms with Gasteiger partial charge in [-0.25, -0.2) is 15.0 Å². The number of nitriles is 2. The second-order valence-electron chi connectivity index (χ2n) is 8.53. The van der Waals surface area contributed by atoms with Gasteiger partial charge in [0.25, 0.3) is 0 Å². The monoisotopic (exact) mass is 439 g/mol. The first-order valence-electron chi connectivity index (χ1n) is 10.6. The summed E-state index contributed by atoms with van der Waals surface area (Å²) in [4.78, 5) is 13.2. The summed E-state index contributed by atoms with van der Waals surface area (Å²) in [5, 5.41) is 35.2. The van der Waals surface area contributed by atoms with E-state index in [9.17, 15) is 15.6 Å². The smallest absolute Gasteiger partial charge is 0.238 e. The van der Waals surface area contributed by atoms with Gasteiger partial charge >= 0.3 is 0 Å². The number of anilines is 3. The lowest BCUT2D eigenvalue weighted by molar-refractivity contribution is 0.219. The Morgan fingerprint density at radius 3 is 2.82 bits per heavy atom. The molecule has 1 aliphatic heterocycles. The number of pyridine rings is 1. The molecule has 1 atom stereocenters. The third-order valence-corrected chi connectivity index (χ3v) is 5.89. The van der Waals surface area contributed by atoms with E-state index in [1.807, 2.05) is 13.0 Å². The van der Waals surface area contributed by atoms with Crippen LogP contribution in [-0.2, 0) is 5.41 Å². The molecule has 33 heavy (non-hydrogen) atoms. The van der Waals surface area contributed by atoms with Crippen LogP contribution >= 0.6 is 0 Å². The zero-order valence-corrected chi connectivity index (χ0v) is 18.0. The molecule has 0 saturated heterocycles. The van der Waals surface area contributed by atoms with Crippen molar-refractivity contribution in [3.8, 4) is 29.3 Å². The van der Waals surface area contributed by atoms with E-state index in [-0.39, 0.29) is 12.7 Å². The lowest BCUT2D eigenvalue weighted by atomic mass is 9.83. The molecule has 1 saturated carbocycles. The topological polar surface area (TPSA) is 140 Å². The summed E-state index contributed by atoms with van der Waals surface area (Å²) in [7, 11) is 0. The minimum absolute atomic E-state index is 0.0378. The number of rotatable bonds is 6. The van der Waals surface area contributed by atoms with Crippen molar-refractivity contribution < 1.29 is 9.84 Å². The number of benzene rings is 1. The number of aliphatic hydroxyl groups is 1. The summed E-state index contributed by atoms with van der Waals surface area (Å²) >= 11 is 0. The zero-order valence-electron chi connectivity index (χ0n) is 18.0. The molecule has 3 aromatic rings. The normalized spacial score (nSPS) is 18.5. The Morgan fingerprint density at radius 2 is 2.09 bits per heavy atom. The number of aromatic nitrogens is 3. The molecule has 2 aliphatic rings. The first-order chi connectivity index (χ1) is 16.0. The van der Waals surface area contributed by atoms with Gasteiger partial charge < -0.3 is 20.5 Å². The van der Waals surface area contributed by atoms with Gasteiger partial charge in [0.2, 0.25) is 11.8 Å². The Labute approximate surface area is 190 Å². The molecule has 1 aliphatic carbocycles. The summed E-state index contributed by atoms with van der Waals surface area (Å²) in [5.74, 6) is 0.715. The maximum absolute atomic E-state index is 9.94. The fourth-order valence-electron chi connectivity index (χ4n) is 3.81. The largest absolute Gasteiger partial charge is 0.473 e. The van der Waals surface area contributed by atoms with Crippen molar-refractivity contribution in [1.82, 2.24) is 15.0 Å². The van der Waals surface area contributed by atoms with E-state index in [1.54, 1.807) is 24.4 Å². The Bertz CT molecular complexity index is 1320. The molecule has 9 heteroatoms. The van der Waals surface area contributed by atoms with Crippen LogP contribution in [0.15, 0.2) is 36.7 Å². The molecular weight excluding hydrogens is 418 g/mol. The molecule has 3 heterocycles. The van der Waals surface area contributed by atoms with E-state index in [0.717, 1.165) is 29.7 Å². The van der Waals surface area contributed by atoms with Gasteiger partial charge in [-0.15, -0.1) is 0 Å². The predicted molar refractivity (Wildman–Crippen MR) is 121 cm³/mol. The molecule has 1 aromatic carbocycles. The SMILES string of the molecule is C[C@]1(CO)CNc2c(C#N)cc(-c3ccnc(Nc4cc(C#N)cnc4OC4CC4)n3)cc21. The number of hydrogen-bond donors (Lipinski definition) is 3. The third kappa shape index (κ3) is 3.91.